The van der Waals surface area contributed by atoms with Gasteiger partial charge in [-0.05, 0) is 66.4 Å². The molecule has 2 fully saturated rings. The molecule has 1 aromatic heterocycles. The summed E-state index contributed by atoms with van der Waals surface area (Å²) in [5.41, 5.74) is 2.45. The molecule has 0 amide bonds. The van der Waals surface area contributed by atoms with E-state index >= 15 is 0 Å². The molecule has 3 atom stereocenters. The van der Waals surface area contributed by atoms with Crippen LogP contribution in [0.25, 0.3) is 0 Å². The molecule has 1 N–H and O–H groups in total. The molecule has 1 aromatic rings. The second-order valence-corrected chi connectivity index (χ2v) is 7.36. The Hall–Kier alpha value is -0.350. The SMILES string of the molecule is CCCNC(Cc1c(Br)c(C)nn1C)C1C2CCCC21. The summed E-state index contributed by atoms with van der Waals surface area (Å²) in [5, 5.41) is 8.35. The Morgan fingerprint density at radius 1 is 1.40 bits per heavy atom. The van der Waals surface area contributed by atoms with Crippen LogP contribution in [0.5, 0.6) is 0 Å². The van der Waals surface area contributed by atoms with E-state index in [1.807, 2.05) is 0 Å². The molecule has 2 aliphatic rings. The quantitative estimate of drug-likeness (QED) is 0.860. The Morgan fingerprint density at radius 3 is 2.65 bits per heavy atom. The summed E-state index contributed by atoms with van der Waals surface area (Å²) in [6.07, 6.45) is 6.71. The number of aryl methyl sites for hydroxylation is 2. The van der Waals surface area contributed by atoms with Crippen LogP contribution in [0, 0.1) is 24.7 Å². The minimum absolute atomic E-state index is 0.636. The lowest BCUT2D eigenvalue weighted by Gasteiger charge is -2.21. The van der Waals surface area contributed by atoms with Crippen LogP contribution in [0.2, 0.25) is 0 Å². The van der Waals surface area contributed by atoms with Crippen molar-refractivity contribution in [2.75, 3.05) is 6.54 Å². The van der Waals surface area contributed by atoms with E-state index in [2.05, 4.69) is 51.9 Å². The van der Waals surface area contributed by atoms with E-state index in [9.17, 15) is 0 Å². The number of hydrogen-bond donors (Lipinski definition) is 1. The van der Waals surface area contributed by atoms with Crippen molar-refractivity contribution in [2.24, 2.45) is 24.8 Å². The normalized spacial score (nSPS) is 29.5. The van der Waals surface area contributed by atoms with Crippen molar-refractivity contribution in [2.45, 2.75) is 52.0 Å². The Labute approximate surface area is 130 Å². The molecular weight excluding hydrogens is 314 g/mol. The summed E-state index contributed by atoms with van der Waals surface area (Å²) in [4.78, 5) is 0. The average Bonchev–Trinajstić information content (AvgIpc) is 2.78. The lowest BCUT2D eigenvalue weighted by molar-refractivity contribution is 0.396. The lowest BCUT2D eigenvalue weighted by Crippen LogP contribution is -2.36. The molecule has 0 aliphatic heterocycles. The zero-order valence-electron chi connectivity index (χ0n) is 12.8. The number of hydrogen-bond acceptors (Lipinski definition) is 2. The Kier molecular flexibility index (Phi) is 4.23. The molecule has 3 rings (SSSR count). The fourth-order valence-electron chi connectivity index (χ4n) is 4.26. The van der Waals surface area contributed by atoms with E-state index in [0.29, 0.717) is 6.04 Å². The van der Waals surface area contributed by atoms with Crippen LogP contribution >= 0.6 is 15.9 Å². The summed E-state index contributed by atoms with van der Waals surface area (Å²) in [6, 6.07) is 0.636. The van der Waals surface area contributed by atoms with Crippen molar-refractivity contribution in [3.05, 3.63) is 15.9 Å². The van der Waals surface area contributed by atoms with Gasteiger partial charge in [0.2, 0.25) is 0 Å². The minimum Gasteiger partial charge on any atom is -0.313 e. The van der Waals surface area contributed by atoms with E-state index in [1.165, 1.54) is 35.8 Å². The molecule has 3 nitrogen and oxygen atoms in total. The van der Waals surface area contributed by atoms with E-state index in [0.717, 1.165) is 36.4 Å². The van der Waals surface area contributed by atoms with Crippen molar-refractivity contribution in [3.63, 3.8) is 0 Å². The number of fused-ring (bicyclic) bond motifs is 1. The summed E-state index contributed by atoms with van der Waals surface area (Å²) >= 11 is 3.72. The highest BCUT2D eigenvalue weighted by Crippen LogP contribution is 2.59. The van der Waals surface area contributed by atoms with Crippen molar-refractivity contribution in [1.82, 2.24) is 15.1 Å². The predicted octanol–water partition coefficient (Wildman–Crippen LogP) is 3.45. The molecule has 112 valence electrons. The molecule has 20 heavy (non-hydrogen) atoms. The first-order chi connectivity index (χ1) is 9.63. The molecule has 0 radical (unpaired) electrons. The minimum atomic E-state index is 0.636. The van der Waals surface area contributed by atoms with Gasteiger partial charge in [-0.1, -0.05) is 13.3 Å². The third kappa shape index (κ3) is 2.57. The number of nitrogens with zero attached hydrogens (tertiary/aromatic N) is 2. The van der Waals surface area contributed by atoms with Gasteiger partial charge in [0.25, 0.3) is 0 Å². The number of rotatable bonds is 6. The van der Waals surface area contributed by atoms with E-state index in [4.69, 9.17) is 0 Å². The molecule has 0 aromatic carbocycles. The fraction of sp³-hybridized carbons (Fsp3) is 0.812. The van der Waals surface area contributed by atoms with E-state index in [1.54, 1.807) is 0 Å². The van der Waals surface area contributed by atoms with Crippen LogP contribution < -0.4 is 5.32 Å². The molecular formula is C16H26BrN3. The highest BCUT2D eigenvalue weighted by Gasteiger charge is 2.55. The lowest BCUT2D eigenvalue weighted by atomic mass is 9.99. The molecule has 1 heterocycles. The molecule has 0 saturated heterocycles. The van der Waals surface area contributed by atoms with E-state index in [-0.39, 0.29) is 0 Å². The van der Waals surface area contributed by atoms with Crippen LogP contribution in [0.1, 0.15) is 44.0 Å². The number of aromatic nitrogens is 2. The first kappa shape index (κ1) is 14.6. The Balaban J connectivity index is 1.73. The molecule has 4 heteroatoms. The molecule has 3 unspecified atom stereocenters. The van der Waals surface area contributed by atoms with Crippen LogP contribution in [0.4, 0.5) is 0 Å². The highest BCUT2D eigenvalue weighted by molar-refractivity contribution is 9.10. The average molecular weight is 340 g/mol. The molecule has 0 spiro atoms. The highest BCUT2D eigenvalue weighted by atomic mass is 79.9. The zero-order chi connectivity index (χ0) is 14.3. The Morgan fingerprint density at radius 2 is 2.10 bits per heavy atom. The van der Waals surface area contributed by atoms with Crippen molar-refractivity contribution in [3.8, 4) is 0 Å². The van der Waals surface area contributed by atoms with Gasteiger partial charge in [-0.2, -0.15) is 5.10 Å². The largest absolute Gasteiger partial charge is 0.313 e. The Bertz CT molecular complexity index is 472. The fourth-order valence-corrected chi connectivity index (χ4v) is 4.76. The van der Waals surface area contributed by atoms with Gasteiger partial charge in [-0.25, -0.2) is 0 Å². The van der Waals surface area contributed by atoms with E-state index < -0.39 is 0 Å². The third-order valence-electron chi connectivity index (χ3n) is 5.27. The van der Waals surface area contributed by atoms with Gasteiger partial charge in [0, 0.05) is 19.5 Å². The van der Waals surface area contributed by atoms with Gasteiger partial charge in [-0.3, -0.25) is 4.68 Å². The van der Waals surface area contributed by atoms with Crippen molar-refractivity contribution in [1.29, 1.82) is 0 Å². The summed E-state index contributed by atoms with van der Waals surface area (Å²) in [7, 11) is 2.07. The predicted molar refractivity (Wildman–Crippen MR) is 85.8 cm³/mol. The second-order valence-electron chi connectivity index (χ2n) is 6.57. The summed E-state index contributed by atoms with van der Waals surface area (Å²) in [5.74, 6) is 2.94. The molecule has 2 saturated carbocycles. The second kappa shape index (κ2) is 5.80. The monoisotopic (exact) mass is 339 g/mol. The first-order valence-corrected chi connectivity index (χ1v) is 8.84. The molecule has 0 bridgehead atoms. The maximum atomic E-state index is 4.54. The smallest absolute Gasteiger partial charge is 0.0738 e. The van der Waals surface area contributed by atoms with Crippen molar-refractivity contribution < 1.29 is 0 Å². The maximum absolute atomic E-state index is 4.54. The number of halogens is 1. The van der Waals surface area contributed by atoms with Crippen LogP contribution in [0.3, 0.4) is 0 Å². The number of nitrogens with one attached hydrogen (secondary N) is 1. The van der Waals surface area contributed by atoms with Crippen LogP contribution in [-0.2, 0) is 13.5 Å². The molecule has 2 aliphatic carbocycles. The maximum Gasteiger partial charge on any atom is 0.0738 e. The van der Waals surface area contributed by atoms with Gasteiger partial charge >= 0.3 is 0 Å². The van der Waals surface area contributed by atoms with Gasteiger partial charge in [-0.15, -0.1) is 0 Å². The first-order valence-electron chi connectivity index (χ1n) is 8.04. The standard InChI is InChI=1S/C16H26BrN3/c1-4-8-18-13(15-11-6-5-7-12(11)15)9-14-16(17)10(2)19-20(14)3/h11-13,15,18H,4-9H2,1-3H3. The summed E-state index contributed by atoms with van der Waals surface area (Å²) in [6.45, 7) is 5.46. The van der Waals surface area contributed by atoms with Gasteiger partial charge in [0.1, 0.15) is 0 Å². The van der Waals surface area contributed by atoms with Gasteiger partial charge < -0.3 is 5.32 Å². The van der Waals surface area contributed by atoms with Crippen LogP contribution in [0.15, 0.2) is 4.47 Å². The summed E-state index contributed by atoms with van der Waals surface area (Å²) < 4.78 is 3.26. The zero-order valence-corrected chi connectivity index (χ0v) is 14.4. The van der Waals surface area contributed by atoms with Crippen molar-refractivity contribution >= 4 is 15.9 Å². The van der Waals surface area contributed by atoms with Gasteiger partial charge in [0.05, 0.1) is 15.9 Å². The van der Waals surface area contributed by atoms with Crippen LogP contribution in [-0.4, -0.2) is 22.4 Å². The topological polar surface area (TPSA) is 29.9 Å². The van der Waals surface area contributed by atoms with Gasteiger partial charge in [0.15, 0.2) is 0 Å². The third-order valence-corrected chi connectivity index (χ3v) is 6.30.